The Balaban J connectivity index is 1.81. The molecule has 0 spiro atoms. The Morgan fingerprint density at radius 3 is 2.42 bits per heavy atom. The van der Waals surface area contributed by atoms with Crippen LogP contribution in [-0.4, -0.2) is 20.6 Å². The van der Waals surface area contributed by atoms with Gasteiger partial charge in [0.05, 0.1) is 17.8 Å². The first-order valence-corrected chi connectivity index (χ1v) is 11.6. The second-order valence-corrected chi connectivity index (χ2v) is 9.31. The molecule has 0 aliphatic carbocycles. The topological polar surface area (TPSA) is 79.5 Å². The Hall–Kier alpha value is -2.81. The van der Waals surface area contributed by atoms with E-state index in [9.17, 15) is 8.42 Å². The fourth-order valence-corrected chi connectivity index (χ4v) is 4.78. The molecule has 3 N–H and O–H groups in total. The normalized spacial score (nSPS) is 11.0. The first kappa shape index (κ1) is 22.9. The van der Waals surface area contributed by atoms with E-state index in [0.717, 1.165) is 16.8 Å². The highest BCUT2D eigenvalue weighted by Gasteiger charge is 2.20. The van der Waals surface area contributed by atoms with Crippen molar-refractivity contribution in [3.05, 3.63) is 76.8 Å². The van der Waals surface area contributed by atoms with Crippen LogP contribution in [0.25, 0.3) is 0 Å². The number of hydrogen-bond donors (Lipinski definition) is 3. The molecule has 3 aromatic carbocycles. The summed E-state index contributed by atoms with van der Waals surface area (Å²) in [4.78, 5) is -0.0839. The highest BCUT2D eigenvalue weighted by Crippen LogP contribution is 2.30. The number of methoxy groups -OCH3 is 1. The zero-order valence-corrected chi connectivity index (χ0v) is 19.6. The maximum absolute atomic E-state index is 13.0. The van der Waals surface area contributed by atoms with Crippen LogP contribution < -0.4 is 20.1 Å². The van der Waals surface area contributed by atoms with Crippen LogP contribution in [-0.2, 0) is 10.0 Å². The van der Waals surface area contributed by atoms with Gasteiger partial charge >= 0.3 is 0 Å². The molecule has 9 heteroatoms. The van der Waals surface area contributed by atoms with E-state index >= 15 is 0 Å². The Bertz CT molecular complexity index is 1230. The van der Waals surface area contributed by atoms with Crippen molar-refractivity contribution >= 4 is 56.0 Å². The number of hydrogen-bond acceptors (Lipinski definition) is 4. The highest BCUT2D eigenvalue weighted by atomic mass is 35.5. The van der Waals surface area contributed by atoms with E-state index in [0.29, 0.717) is 22.2 Å². The molecule has 0 bridgehead atoms. The van der Waals surface area contributed by atoms with Gasteiger partial charge in [-0.15, -0.1) is 0 Å². The van der Waals surface area contributed by atoms with Gasteiger partial charge in [0.25, 0.3) is 10.0 Å². The Morgan fingerprint density at radius 2 is 1.71 bits per heavy atom. The average molecular weight is 476 g/mol. The first-order chi connectivity index (χ1) is 14.7. The van der Waals surface area contributed by atoms with Crippen molar-refractivity contribution in [3.8, 4) is 5.75 Å². The van der Waals surface area contributed by atoms with Gasteiger partial charge in [-0.25, -0.2) is 8.42 Å². The molecular formula is C22H22ClN3O3S2. The molecule has 3 rings (SSSR count). The van der Waals surface area contributed by atoms with E-state index in [4.69, 9.17) is 28.6 Å². The van der Waals surface area contributed by atoms with Crippen LogP contribution in [0.5, 0.6) is 5.75 Å². The van der Waals surface area contributed by atoms with E-state index in [1.807, 2.05) is 32.0 Å². The highest BCUT2D eigenvalue weighted by molar-refractivity contribution is 7.92. The van der Waals surface area contributed by atoms with E-state index in [1.54, 1.807) is 30.3 Å². The van der Waals surface area contributed by atoms with Gasteiger partial charge in [0.2, 0.25) is 0 Å². The molecule has 0 unspecified atom stereocenters. The Morgan fingerprint density at radius 1 is 0.968 bits per heavy atom. The lowest BCUT2D eigenvalue weighted by atomic mass is 10.1. The molecule has 162 valence electrons. The molecule has 3 aromatic rings. The van der Waals surface area contributed by atoms with Gasteiger partial charge in [-0.2, -0.15) is 0 Å². The van der Waals surface area contributed by atoms with E-state index in [1.165, 1.54) is 19.2 Å². The second-order valence-electron chi connectivity index (χ2n) is 6.85. The summed E-state index contributed by atoms with van der Waals surface area (Å²) in [6.07, 6.45) is 0. The van der Waals surface area contributed by atoms with E-state index in [-0.39, 0.29) is 9.92 Å². The van der Waals surface area contributed by atoms with Crippen LogP contribution in [0.1, 0.15) is 11.1 Å². The summed E-state index contributed by atoms with van der Waals surface area (Å²) >= 11 is 11.6. The van der Waals surface area contributed by atoms with E-state index < -0.39 is 10.0 Å². The SMILES string of the molecule is COc1ccccc1NS(=O)(=O)c1cc(NC(=S)Nc2ccc(C)cc2C)ccc1Cl. The minimum absolute atomic E-state index is 0.0839. The number of thiocarbonyl (C=S) groups is 1. The predicted octanol–water partition coefficient (Wildman–Crippen LogP) is 5.58. The number of para-hydroxylation sites is 2. The summed E-state index contributed by atoms with van der Waals surface area (Å²) in [5.74, 6) is 0.398. The van der Waals surface area contributed by atoms with Gasteiger partial charge in [0.15, 0.2) is 5.11 Å². The summed E-state index contributed by atoms with van der Waals surface area (Å²) in [6.45, 7) is 4.00. The summed E-state index contributed by atoms with van der Waals surface area (Å²) in [5.41, 5.74) is 3.85. The van der Waals surface area contributed by atoms with Crippen molar-refractivity contribution in [1.29, 1.82) is 0 Å². The molecular weight excluding hydrogens is 454 g/mol. The number of nitrogens with one attached hydrogen (secondary N) is 3. The second kappa shape index (κ2) is 9.55. The number of ether oxygens (including phenoxy) is 1. The number of aryl methyl sites for hydroxylation is 2. The summed E-state index contributed by atoms with van der Waals surface area (Å²) in [6, 6.07) is 17.3. The Labute approximate surface area is 192 Å². The molecule has 0 amide bonds. The molecule has 0 saturated carbocycles. The van der Waals surface area contributed by atoms with Crippen LogP contribution in [0.2, 0.25) is 5.02 Å². The lowest BCUT2D eigenvalue weighted by Gasteiger charge is -2.15. The lowest BCUT2D eigenvalue weighted by Crippen LogP contribution is -2.20. The van der Waals surface area contributed by atoms with Crippen LogP contribution in [0, 0.1) is 13.8 Å². The van der Waals surface area contributed by atoms with Gasteiger partial charge < -0.3 is 15.4 Å². The van der Waals surface area contributed by atoms with Crippen molar-refractivity contribution in [1.82, 2.24) is 0 Å². The number of halogens is 1. The third-order valence-corrected chi connectivity index (χ3v) is 6.51. The van der Waals surface area contributed by atoms with Crippen molar-refractivity contribution in [2.75, 3.05) is 22.5 Å². The fourth-order valence-electron chi connectivity index (χ4n) is 2.95. The molecule has 6 nitrogen and oxygen atoms in total. The monoisotopic (exact) mass is 475 g/mol. The molecule has 0 heterocycles. The first-order valence-electron chi connectivity index (χ1n) is 9.30. The number of benzene rings is 3. The third kappa shape index (κ3) is 5.66. The summed E-state index contributed by atoms with van der Waals surface area (Å²) in [7, 11) is -2.50. The summed E-state index contributed by atoms with van der Waals surface area (Å²) in [5, 5.41) is 6.54. The van der Waals surface area contributed by atoms with Crippen molar-refractivity contribution in [3.63, 3.8) is 0 Å². The smallest absolute Gasteiger partial charge is 0.263 e. The number of rotatable bonds is 6. The molecule has 0 fully saturated rings. The lowest BCUT2D eigenvalue weighted by molar-refractivity contribution is 0.417. The summed E-state index contributed by atoms with van der Waals surface area (Å²) < 4.78 is 33.7. The van der Waals surface area contributed by atoms with Crippen LogP contribution >= 0.6 is 23.8 Å². The van der Waals surface area contributed by atoms with Gasteiger partial charge in [0.1, 0.15) is 10.6 Å². The maximum atomic E-state index is 13.0. The van der Waals surface area contributed by atoms with Crippen molar-refractivity contribution < 1.29 is 13.2 Å². The minimum atomic E-state index is -3.97. The molecule has 0 aromatic heterocycles. The molecule has 0 atom stereocenters. The third-order valence-electron chi connectivity index (χ3n) is 4.46. The van der Waals surface area contributed by atoms with Crippen LogP contribution in [0.15, 0.2) is 65.6 Å². The zero-order valence-electron chi connectivity index (χ0n) is 17.2. The van der Waals surface area contributed by atoms with Crippen molar-refractivity contribution in [2.24, 2.45) is 0 Å². The molecule has 0 radical (unpaired) electrons. The largest absolute Gasteiger partial charge is 0.495 e. The number of sulfonamides is 1. The van der Waals surface area contributed by atoms with Crippen LogP contribution in [0.4, 0.5) is 17.1 Å². The van der Waals surface area contributed by atoms with Gasteiger partial charge in [-0.05, 0) is 68.0 Å². The van der Waals surface area contributed by atoms with Crippen LogP contribution in [0.3, 0.4) is 0 Å². The maximum Gasteiger partial charge on any atom is 0.263 e. The average Bonchev–Trinajstić information content (AvgIpc) is 2.71. The van der Waals surface area contributed by atoms with Gasteiger partial charge in [0, 0.05) is 11.4 Å². The number of anilines is 3. The zero-order chi connectivity index (χ0) is 22.6. The Kier molecular flexibility index (Phi) is 7.04. The molecule has 31 heavy (non-hydrogen) atoms. The molecule has 0 aliphatic heterocycles. The quantitative estimate of drug-likeness (QED) is 0.404. The van der Waals surface area contributed by atoms with E-state index in [2.05, 4.69) is 15.4 Å². The van der Waals surface area contributed by atoms with Crippen molar-refractivity contribution in [2.45, 2.75) is 18.7 Å². The fraction of sp³-hybridized carbons (Fsp3) is 0.136. The standard InChI is InChI=1S/C22H22ClN3O3S2/c1-14-8-11-18(15(2)12-14)25-22(30)24-16-9-10-17(23)21(13-16)31(27,28)26-19-6-4-5-7-20(19)29-3/h4-13,26H,1-3H3,(H2,24,25,30). The van der Waals surface area contributed by atoms with Gasteiger partial charge in [-0.1, -0.05) is 41.4 Å². The molecule has 0 aliphatic rings. The molecule has 0 saturated heterocycles. The minimum Gasteiger partial charge on any atom is -0.495 e. The predicted molar refractivity (Wildman–Crippen MR) is 131 cm³/mol. The van der Waals surface area contributed by atoms with Gasteiger partial charge in [-0.3, -0.25) is 4.72 Å².